The van der Waals surface area contributed by atoms with Crippen LogP contribution in [0.5, 0.6) is 0 Å². The molecule has 1 saturated carbocycles. The van der Waals surface area contributed by atoms with Crippen molar-refractivity contribution in [3.8, 4) is 0 Å². The van der Waals surface area contributed by atoms with Gasteiger partial charge in [-0.2, -0.15) is 4.31 Å². The van der Waals surface area contributed by atoms with Gasteiger partial charge in [0.1, 0.15) is 0 Å². The second-order valence-electron chi connectivity index (χ2n) is 6.86. The minimum Gasteiger partial charge on any atom is -0.340 e. The molecule has 1 aromatic rings. The molecule has 1 aliphatic heterocycles. The minimum absolute atomic E-state index is 0.0814. The number of benzene rings is 1. The van der Waals surface area contributed by atoms with Crippen molar-refractivity contribution in [1.82, 2.24) is 9.21 Å². The molecule has 5 nitrogen and oxygen atoms in total. The van der Waals surface area contributed by atoms with Gasteiger partial charge in [-0.1, -0.05) is 36.6 Å². The first-order chi connectivity index (χ1) is 12.0. The second-order valence-corrected chi connectivity index (χ2v) is 9.51. The zero-order valence-corrected chi connectivity index (χ0v) is 15.9. The molecule has 0 N–H and O–H groups in total. The fraction of sp³-hybridized carbons (Fsp3) is 0.611. The molecule has 1 heterocycles. The maximum Gasteiger partial charge on any atom is 0.222 e. The van der Waals surface area contributed by atoms with E-state index >= 15 is 0 Å². The van der Waals surface area contributed by atoms with Gasteiger partial charge in [0.15, 0.2) is 0 Å². The number of hydrogen-bond acceptors (Lipinski definition) is 3. The first-order valence-electron chi connectivity index (χ1n) is 8.98. The van der Waals surface area contributed by atoms with Crippen molar-refractivity contribution in [1.29, 1.82) is 0 Å². The molecule has 2 aliphatic rings. The number of carbonyl (C=O) groups is 1. The number of nitrogens with zero attached hydrogens (tertiary/aromatic N) is 2. The Morgan fingerprint density at radius 2 is 1.80 bits per heavy atom. The minimum atomic E-state index is -3.19. The van der Waals surface area contributed by atoms with Crippen molar-refractivity contribution >= 4 is 27.5 Å². The van der Waals surface area contributed by atoms with Crippen molar-refractivity contribution in [3.05, 3.63) is 34.9 Å². The molecule has 1 aliphatic carbocycles. The topological polar surface area (TPSA) is 57.7 Å². The van der Waals surface area contributed by atoms with E-state index in [1.54, 1.807) is 9.21 Å². The molecular weight excluding hydrogens is 360 g/mol. The van der Waals surface area contributed by atoms with E-state index in [2.05, 4.69) is 0 Å². The van der Waals surface area contributed by atoms with Crippen LogP contribution in [0, 0.1) is 0 Å². The van der Waals surface area contributed by atoms with Crippen LogP contribution in [-0.2, 0) is 21.2 Å². The van der Waals surface area contributed by atoms with Crippen molar-refractivity contribution < 1.29 is 13.2 Å². The quantitative estimate of drug-likeness (QED) is 0.784. The molecule has 138 valence electrons. The lowest BCUT2D eigenvalue weighted by molar-refractivity contribution is -0.132. The first-order valence-corrected chi connectivity index (χ1v) is 10.9. The van der Waals surface area contributed by atoms with E-state index in [1.807, 2.05) is 24.3 Å². The van der Waals surface area contributed by atoms with Gasteiger partial charge in [0.05, 0.1) is 5.25 Å². The monoisotopic (exact) mass is 384 g/mol. The lowest BCUT2D eigenvalue weighted by Crippen LogP contribution is -2.52. The molecule has 0 atom stereocenters. The van der Waals surface area contributed by atoms with Gasteiger partial charge in [-0.25, -0.2) is 8.42 Å². The van der Waals surface area contributed by atoms with Crippen LogP contribution in [0.3, 0.4) is 0 Å². The summed E-state index contributed by atoms with van der Waals surface area (Å²) >= 11 is 5.96. The highest BCUT2D eigenvalue weighted by Crippen LogP contribution is 2.27. The summed E-state index contributed by atoms with van der Waals surface area (Å²) in [5.41, 5.74) is 1.04. The van der Waals surface area contributed by atoms with E-state index in [9.17, 15) is 13.2 Å². The van der Waals surface area contributed by atoms with Gasteiger partial charge in [0.25, 0.3) is 0 Å². The first kappa shape index (κ1) is 18.7. The van der Waals surface area contributed by atoms with Crippen molar-refractivity contribution in [2.24, 2.45) is 0 Å². The summed E-state index contributed by atoms with van der Waals surface area (Å²) in [5.74, 6) is 0.0814. The Balaban J connectivity index is 1.49. The lowest BCUT2D eigenvalue weighted by Gasteiger charge is -2.35. The Bertz CT molecular complexity index is 709. The molecule has 3 rings (SSSR count). The van der Waals surface area contributed by atoms with Crippen LogP contribution in [0.2, 0.25) is 5.02 Å². The highest BCUT2D eigenvalue weighted by Gasteiger charge is 2.36. The van der Waals surface area contributed by atoms with E-state index < -0.39 is 10.0 Å². The van der Waals surface area contributed by atoms with Crippen LogP contribution in [-0.4, -0.2) is 55.0 Å². The molecule has 25 heavy (non-hydrogen) atoms. The Morgan fingerprint density at radius 1 is 1.12 bits per heavy atom. The molecule has 1 aromatic carbocycles. The number of carbonyl (C=O) groups excluding carboxylic acids is 1. The summed E-state index contributed by atoms with van der Waals surface area (Å²) in [6.07, 6.45) is 4.65. The van der Waals surface area contributed by atoms with Crippen LogP contribution in [0.15, 0.2) is 24.3 Å². The predicted octanol–water partition coefficient (Wildman–Crippen LogP) is 2.69. The van der Waals surface area contributed by atoms with Crippen LogP contribution >= 0.6 is 11.6 Å². The van der Waals surface area contributed by atoms with Gasteiger partial charge < -0.3 is 4.90 Å². The number of rotatable bonds is 5. The van der Waals surface area contributed by atoms with Crippen LogP contribution in [0.1, 0.15) is 37.7 Å². The number of halogens is 1. The van der Waals surface area contributed by atoms with Gasteiger partial charge >= 0.3 is 0 Å². The van der Waals surface area contributed by atoms with Crippen molar-refractivity contribution in [2.45, 2.75) is 43.8 Å². The number of hydrogen-bond donors (Lipinski definition) is 0. The van der Waals surface area contributed by atoms with Crippen LogP contribution < -0.4 is 0 Å². The summed E-state index contributed by atoms with van der Waals surface area (Å²) in [4.78, 5) is 14.2. The second kappa shape index (κ2) is 8.06. The van der Waals surface area contributed by atoms with Gasteiger partial charge in [0, 0.05) is 37.6 Å². The SMILES string of the molecule is O=C(CCc1cccc(Cl)c1)N1CCN(S(=O)(=O)C2CCCC2)CC1. The van der Waals surface area contributed by atoms with Gasteiger partial charge in [-0.15, -0.1) is 0 Å². The van der Waals surface area contributed by atoms with Gasteiger partial charge in [0.2, 0.25) is 15.9 Å². The van der Waals surface area contributed by atoms with Crippen LogP contribution in [0.4, 0.5) is 0 Å². The molecule has 0 spiro atoms. The summed E-state index contributed by atoms with van der Waals surface area (Å²) in [7, 11) is -3.19. The number of aryl methyl sites for hydroxylation is 1. The number of amides is 1. The van der Waals surface area contributed by atoms with E-state index in [-0.39, 0.29) is 11.2 Å². The molecule has 1 amide bonds. The number of sulfonamides is 1. The maximum absolute atomic E-state index is 12.6. The molecule has 0 bridgehead atoms. The Kier molecular flexibility index (Phi) is 6.02. The van der Waals surface area contributed by atoms with Crippen molar-refractivity contribution in [3.63, 3.8) is 0 Å². The molecule has 0 unspecified atom stereocenters. The summed E-state index contributed by atoms with van der Waals surface area (Å²) < 4.78 is 26.8. The van der Waals surface area contributed by atoms with Crippen LogP contribution in [0.25, 0.3) is 0 Å². The van der Waals surface area contributed by atoms with Crippen molar-refractivity contribution in [2.75, 3.05) is 26.2 Å². The largest absolute Gasteiger partial charge is 0.340 e. The molecule has 2 fully saturated rings. The Labute approximate surface area is 155 Å². The lowest BCUT2D eigenvalue weighted by atomic mass is 10.1. The summed E-state index contributed by atoms with van der Waals surface area (Å²) in [5, 5.41) is 0.466. The van der Waals surface area contributed by atoms with E-state index in [0.29, 0.717) is 44.0 Å². The van der Waals surface area contributed by atoms with Gasteiger partial charge in [-0.3, -0.25) is 4.79 Å². The average Bonchev–Trinajstić information content (AvgIpc) is 3.15. The summed E-state index contributed by atoms with van der Waals surface area (Å²) in [6, 6.07) is 7.54. The predicted molar refractivity (Wildman–Crippen MR) is 99.1 cm³/mol. The third-order valence-corrected chi connectivity index (χ3v) is 7.83. The zero-order valence-electron chi connectivity index (χ0n) is 14.4. The Morgan fingerprint density at radius 3 is 2.44 bits per heavy atom. The molecule has 0 radical (unpaired) electrons. The smallest absolute Gasteiger partial charge is 0.222 e. The van der Waals surface area contributed by atoms with E-state index in [0.717, 1.165) is 31.2 Å². The molecule has 7 heteroatoms. The normalized spacial score (nSPS) is 20.1. The highest BCUT2D eigenvalue weighted by molar-refractivity contribution is 7.89. The Hall–Kier alpha value is -1.11. The fourth-order valence-corrected chi connectivity index (χ4v) is 5.93. The van der Waals surface area contributed by atoms with E-state index in [1.165, 1.54) is 0 Å². The standard InChI is InChI=1S/C18H25ClN2O3S/c19-16-5-3-4-15(14-16)8-9-18(22)20-10-12-21(13-11-20)25(23,24)17-6-1-2-7-17/h3-5,14,17H,1-2,6-13H2. The fourth-order valence-electron chi connectivity index (χ4n) is 3.69. The molecular formula is C18H25ClN2O3S. The average molecular weight is 385 g/mol. The third-order valence-electron chi connectivity index (χ3n) is 5.19. The third kappa shape index (κ3) is 4.54. The maximum atomic E-state index is 12.6. The zero-order chi connectivity index (χ0) is 17.9. The molecule has 0 aromatic heterocycles. The highest BCUT2D eigenvalue weighted by atomic mass is 35.5. The number of piperazine rings is 1. The molecule has 1 saturated heterocycles. The summed E-state index contributed by atoms with van der Waals surface area (Å²) in [6.45, 7) is 1.81. The van der Waals surface area contributed by atoms with E-state index in [4.69, 9.17) is 11.6 Å². The van der Waals surface area contributed by atoms with Gasteiger partial charge in [-0.05, 0) is 37.0 Å².